The first-order chi connectivity index (χ1) is 18.1. The highest BCUT2D eigenvalue weighted by Gasteiger charge is 2.49. The van der Waals surface area contributed by atoms with E-state index in [-0.39, 0.29) is 5.91 Å². The van der Waals surface area contributed by atoms with E-state index < -0.39 is 18.2 Å². The van der Waals surface area contributed by atoms with E-state index in [4.69, 9.17) is 9.98 Å². The Labute approximate surface area is 224 Å². The molecule has 2 fully saturated rings. The van der Waals surface area contributed by atoms with Crippen LogP contribution in [0.5, 0.6) is 0 Å². The van der Waals surface area contributed by atoms with Crippen molar-refractivity contribution < 1.29 is 9.59 Å². The number of aliphatic imine (C=N–C) groups is 1. The van der Waals surface area contributed by atoms with Crippen molar-refractivity contribution in [2.24, 2.45) is 4.99 Å². The van der Waals surface area contributed by atoms with Crippen molar-refractivity contribution in [3.05, 3.63) is 60.2 Å². The van der Waals surface area contributed by atoms with Crippen molar-refractivity contribution >= 4 is 51.2 Å². The van der Waals surface area contributed by atoms with E-state index in [1.165, 1.54) is 10.3 Å². The number of likely N-dealkylation sites (N-methyl/N-ethyl adjacent to an activating group) is 1. The molecule has 1 N–H and O–H groups in total. The molecule has 2 unspecified atom stereocenters. The molecule has 0 spiro atoms. The minimum atomic E-state index is -0.518. The van der Waals surface area contributed by atoms with Gasteiger partial charge in [-0.1, -0.05) is 54.2 Å². The van der Waals surface area contributed by atoms with Crippen LogP contribution in [0.4, 0.5) is 4.79 Å². The highest BCUT2D eigenvalue weighted by atomic mass is 32.2. The van der Waals surface area contributed by atoms with E-state index in [1.807, 2.05) is 24.3 Å². The standard InChI is InChI=1S/C26H29N7O2S2/c1-30-22-21(23(34)29-25(30)35)33(15-16-36-26-27-19-9-5-6-10-20(19)37-26)24(28-22)32-13-11-31(12-14-32)17-18-7-3-2-4-8-18/h2-10,21-22H,11-17H2,1H3,(H,29,34,35). The summed E-state index contributed by atoms with van der Waals surface area (Å²) in [6.45, 7) is 5.05. The number of carbonyl (C=O) groups excluding carboxylic acids is 2. The highest BCUT2D eigenvalue weighted by molar-refractivity contribution is 8.01. The molecule has 4 heterocycles. The number of hydrogen-bond donors (Lipinski definition) is 1. The summed E-state index contributed by atoms with van der Waals surface area (Å²) in [6, 6.07) is 17.8. The van der Waals surface area contributed by atoms with E-state index >= 15 is 0 Å². The number of fused-ring (bicyclic) bond motifs is 2. The number of amides is 3. The number of imide groups is 1. The molecule has 6 rings (SSSR count). The Bertz CT molecular complexity index is 1290. The quantitative estimate of drug-likeness (QED) is 0.486. The molecule has 3 amide bonds. The van der Waals surface area contributed by atoms with Gasteiger partial charge in [0.05, 0.1) is 10.2 Å². The van der Waals surface area contributed by atoms with E-state index in [9.17, 15) is 9.59 Å². The molecular formula is C26H29N7O2S2. The normalized spacial score (nSPS) is 22.4. The van der Waals surface area contributed by atoms with Gasteiger partial charge in [0.1, 0.15) is 0 Å². The number of thiazole rings is 1. The Kier molecular flexibility index (Phi) is 6.74. The van der Waals surface area contributed by atoms with Crippen LogP contribution < -0.4 is 5.32 Å². The Morgan fingerprint density at radius 3 is 2.57 bits per heavy atom. The third kappa shape index (κ3) is 4.90. The molecule has 37 heavy (non-hydrogen) atoms. The van der Waals surface area contributed by atoms with Gasteiger partial charge in [0.2, 0.25) is 0 Å². The number of aromatic nitrogens is 1. The Balaban J connectivity index is 1.15. The summed E-state index contributed by atoms with van der Waals surface area (Å²) in [7, 11) is 1.71. The van der Waals surface area contributed by atoms with Gasteiger partial charge < -0.3 is 14.7 Å². The van der Waals surface area contributed by atoms with E-state index in [1.54, 1.807) is 35.0 Å². The Morgan fingerprint density at radius 2 is 1.78 bits per heavy atom. The lowest BCUT2D eigenvalue weighted by atomic mass is 10.1. The zero-order valence-electron chi connectivity index (χ0n) is 20.6. The van der Waals surface area contributed by atoms with Crippen LogP contribution in [0.15, 0.2) is 63.9 Å². The maximum Gasteiger partial charge on any atom is 0.325 e. The molecule has 11 heteroatoms. The first-order valence-electron chi connectivity index (χ1n) is 12.5. The van der Waals surface area contributed by atoms with Crippen LogP contribution in [0.1, 0.15) is 5.56 Å². The summed E-state index contributed by atoms with van der Waals surface area (Å²) < 4.78 is 2.19. The zero-order valence-corrected chi connectivity index (χ0v) is 22.2. The van der Waals surface area contributed by atoms with Gasteiger partial charge in [0.15, 0.2) is 22.5 Å². The van der Waals surface area contributed by atoms with Crippen LogP contribution in [-0.2, 0) is 11.3 Å². The minimum absolute atomic E-state index is 0.278. The van der Waals surface area contributed by atoms with Crippen LogP contribution in [-0.4, -0.2) is 100 Å². The number of carbonyl (C=O) groups is 2. The zero-order chi connectivity index (χ0) is 25.4. The molecule has 0 aliphatic carbocycles. The molecule has 192 valence electrons. The third-order valence-electron chi connectivity index (χ3n) is 7.07. The maximum atomic E-state index is 13.0. The number of hydrogen-bond acceptors (Lipinski definition) is 9. The first kappa shape index (κ1) is 24.2. The first-order valence-corrected chi connectivity index (χ1v) is 14.3. The molecular weight excluding hydrogens is 506 g/mol. The molecule has 0 radical (unpaired) electrons. The molecule has 3 aromatic rings. The highest BCUT2D eigenvalue weighted by Crippen LogP contribution is 2.31. The summed E-state index contributed by atoms with van der Waals surface area (Å²) in [5, 5.41) is 2.50. The van der Waals surface area contributed by atoms with Gasteiger partial charge in [-0.25, -0.2) is 14.8 Å². The second-order valence-electron chi connectivity index (χ2n) is 9.43. The second kappa shape index (κ2) is 10.3. The van der Waals surface area contributed by atoms with E-state index in [0.29, 0.717) is 6.54 Å². The number of rotatable bonds is 6. The van der Waals surface area contributed by atoms with Crippen LogP contribution in [0.25, 0.3) is 10.2 Å². The molecule has 2 aromatic carbocycles. The van der Waals surface area contributed by atoms with Crippen molar-refractivity contribution in [2.75, 3.05) is 45.5 Å². The number of guanidine groups is 1. The summed E-state index contributed by atoms with van der Waals surface area (Å²) >= 11 is 3.39. The van der Waals surface area contributed by atoms with Gasteiger partial charge in [0.25, 0.3) is 5.91 Å². The molecule has 2 saturated heterocycles. The van der Waals surface area contributed by atoms with Gasteiger partial charge >= 0.3 is 6.03 Å². The van der Waals surface area contributed by atoms with Crippen molar-refractivity contribution in [2.45, 2.75) is 23.1 Å². The molecule has 2 atom stereocenters. The molecule has 3 aliphatic heterocycles. The topological polar surface area (TPSA) is 84.4 Å². The summed E-state index contributed by atoms with van der Waals surface area (Å²) in [4.78, 5) is 43.3. The average molecular weight is 536 g/mol. The SMILES string of the molecule is CN1C(=O)NC(=O)C2C1N=C(N1CCN(Cc3ccccc3)CC1)N2CCSc1nc2ccccc2s1. The number of benzene rings is 2. The van der Waals surface area contributed by atoms with Crippen LogP contribution >= 0.6 is 23.1 Å². The summed E-state index contributed by atoms with van der Waals surface area (Å²) in [6.07, 6.45) is -0.508. The minimum Gasteiger partial charge on any atom is -0.340 e. The number of thioether (sulfide) groups is 1. The van der Waals surface area contributed by atoms with Crippen molar-refractivity contribution in [3.63, 3.8) is 0 Å². The fraction of sp³-hybridized carbons (Fsp3) is 0.385. The Morgan fingerprint density at radius 1 is 1.03 bits per heavy atom. The third-order valence-corrected chi connectivity index (χ3v) is 9.23. The van der Waals surface area contributed by atoms with Crippen molar-refractivity contribution in [1.29, 1.82) is 0 Å². The fourth-order valence-corrected chi connectivity index (χ4v) is 7.18. The molecule has 1 aromatic heterocycles. The van der Waals surface area contributed by atoms with Crippen molar-refractivity contribution in [3.8, 4) is 0 Å². The van der Waals surface area contributed by atoms with Gasteiger partial charge in [-0.15, -0.1) is 11.3 Å². The largest absolute Gasteiger partial charge is 0.340 e. The van der Waals surface area contributed by atoms with Gasteiger partial charge in [-0.05, 0) is 17.7 Å². The lowest BCUT2D eigenvalue weighted by molar-refractivity contribution is -0.127. The molecule has 3 aliphatic rings. The van der Waals surface area contributed by atoms with Crippen LogP contribution in [0.3, 0.4) is 0 Å². The Hall–Kier alpha value is -3.15. The molecule has 0 saturated carbocycles. The number of nitrogens with one attached hydrogen (secondary N) is 1. The predicted molar refractivity (Wildman–Crippen MR) is 147 cm³/mol. The van der Waals surface area contributed by atoms with Crippen molar-refractivity contribution in [1.82, 2.24) is 29.9 Å². The fourth-order valence-electron chi connectivity index (χ4n) is 5.11. The van der Waals surface area contributed by atoms with E-state index in [2.05, 4.69) is 50.3 Å². The number of piperazine rings is 1. The van der Waals surface area contributed by atoms with Gasteiger partial charge in [-0.3, -0.25) is 15.0 Å². The van der Waals surface area contributed by atoms with E-state index in [0.717, 1.165) is 54.3 Å². The number of nitrogens with zero attached hydrogens (tertiary/aromatic N) is 6. The van der Waals surface area contributed by atoms with Gasteiger partial charge in [0, 0.05) is 52.1 Å². The average Bonchev–Trinajstić information content (AvgIpc) is 3.50. The maximum absolute atomic E-state index is 13.0. The predicted octanol–water partition coefficient (Wildman–Crippen LogP) is 2.75. The number of urea groups is 1. The summed E-state index contributed by atoms with van der Waals surface area (Å²) in [5.74, 6) is 1.30. The van der Waals surface area contributed by atoms with Crippen LogP contribution in [0.2, 0.25) is 0 Å². The molecule has 0 bridgehead atoms. The number of para-hydroxylation sites is 1. The second-order valence-corrected chi connectivity index (χ2v) is 11.8. The van der Waals surface area contributed by atoms with Crippen LogP contribution in [0, 0.1) is 0 Å². The molecule has 9 nitrogen and oxygen atoms in total. The lowest BCUT2D eigenvalue weighted by Gasteiger charge is -2.40. The van der Waals surface area contributed by atoms with Gasteiger partial charge in [-0.2, -0.15) is 0 Å². The lowest BCUT2D eigenvalue weighted by Crippen LogP contribution is -2.64. The monoisotopic (exact) mass is 535 g/mol. The summed E-state index contributed by atoms with van der Waals surface area (Å²) in [5.41, 5.74) is 2.32. The smallest absolute Gasteiger partial charge is 0.325 e.